The summed E-state index contributed by atoms with van der Waals surface area (Å²) >= 11 is 0. The lowest BCUT2D eigenvalue weighted by atomic mass is 9.80. The predicted octanol–water partition coefficient (Wildman–Crippen LogP) is 4.80. The van der Waals surface area contributed by atoms with Gasteiger partial charge < -0.3 is 14.6 Å². The SMILES string of the molecule is CCOc1ccc2[nH]c3c(c2c1)C[C@@]1(C)C(=O)N(CCN(CC)CC)C(=O)N1[C@@H]3C1=CCCC=C1. The second-order valence-electron chi connectivity index (χ2n) is 9.83. The Morgan fingerprint density at radius 1 is 1.17 bits per heavy atom. The number of ether oxygens (including phenoxy) is 1. The molecule has 1 aliphatic carbocycles. The van der Waals surface area contributed by atoms with Crippen molar-refractivity contribution in [2.24, 2.45) is 0 Å². The Kier molecular flexibility index (Phi) is 6.21. The predicted molar refractivity (Wildman–Crippen MR) is 138 cm³/mol. The summed E-state index contributed by atoms with van der Waals surface area (Å²) in [7, 11) is 0. The first-order chi connectivity index (χ1) is 16.9. The first kappa shape index (κ1) is 23.7. The van der Waals surface area contributed by atoms with Crippen molar-refractivity contribution in [1.29, 1.82) is 0 Å². The van der Waals surface area contributed by atoms with Gasteiger partial charge in [-0.05, 0) is 69.1 Å². The fourth-order valence-corrected chi connectivity index (χ4v) is 5.91. The molecule has 2 aromatic rings. The number of nitrogens with zero attached hydrogens (tertiary/aromatic N) is 3. The fourth-order valence-electron chi connectivity index (χ4n) is 5.91. The molecule has 3 amide bonds. The Hall–Kier alpha value is -3.06. The van der Waals surface area contributed by atoms with Crippen molar-refractivity contribution >= 4 is 22.8 Å². The summed E-state index contributed by atoms with van der Waals surface area (Å²) < 4.78 is 5.78. The van der Waals surface area contributed by atoms with Crippen molar-refractivity contribution < 1.29 is 14.3 Å². The van der Waals surface area contributed by atoms with E-state index in [9.17, 15) is 9.59 Å². The van der Waals surface area contributed by atoms with Crippen LogP contribution in [0.5, 0.6) is 5.75 Å². The molecule has 2 aliphatic heterocycles. The molecular formula is C28H36N4O3. The quantitative estimate of drug-likeness (QED) is 0.556. The van der Waals surface area contributed by atoms with Crippen LogP contribution in [-0.2, 0) is 11.2 Å². The van der Waals surface area contributed by atoms with Crippen molar-refractivity contribution in [2.75, 3.05) is 32.8 Å². The van der Waals surface area contributed by atoms with E-state index < -0.39 is 5.54 Å². The molecule has 1 N–H and O–H groups in total. The Morgan fingerprint density at radius 3 is 2.66 bits per heavy atom. The molecule has 5 rings (SSSR count). The van der Waals surface area contributed by atoms with E-state index in [-0.39, 0.29) is 18.0 Å². The molecule has 0 saturated carbocycles. The maximum atomic E-state index is 13.9. The highest BCUT2D eigenvalue weighted by molar-refractivity contribution is 6.08. The lowest BCUT2D eigenvalue weighted by molar-refractivity contribution is -0.133. The smallest absolute Gasteiger partial charge is 0.328 e. The van der Waals surface area contributed by atoms with Crippen LogP contribution < -0.4 is 4.74 Å². The van der Waals surface area contributed by atoms with Crippen molar-refractivity contribution in [1.82, 2.24) is 19.7 Å². The molecule has 1 aromatic heterocycles. The number of rotatable bonds is 8. The number of carbonyl (C=O) groups is 2. The third-order valence-electron chi connectivity index (χ3n) is 7.82. The maximum Gasteiger partial charge on any atom is 0.328 e. The number of urea groups is 1. The average Bonchev–Trinajstić information content (AvgIpc) is 3.31. The van der Waals surface area contributed by atoms with Gasteiger partial charge in [-0.1, -0.05) is 32.1 Å². The summed E-state index contributed by atoms with van der Waals surface area (Å²) in [5, 5.41) is 1.07. The van der Waals surface area contributed by atoms with Gasteiger partial charge >= 0.3 is 6.03 Å². The largest absolute Gasteiger partial charge is 0.494 e. The van der Waals surface area contributed by atoms with Crippen LogP contribution in [0.3, 0.4) is 0 Å². The number of hydrogen-bond donors (Lipinski definition) is 1. The zero-order chi connectivity index (χ0) is 24.7. The molecule has 0 radical (unpaired) electrons. The third kappa shape index (κ3) is 3.77. The summed E-state index contributed by atoms with van der Waals surface area (Å²) in [6, 6.07) is 5.56. The van der Waals surface area contributed by atoms with Crippen LogP contribution in [0.15, 0.2) is 42.0 Å². The number of nitrogens with one attached hydrogen (secondary N) is 1. The number of fused-ring (bicyclic) bond motifs is 4. The lowest BCUT2D eigenvalue weighted by Gasteiger charge is -2.43. The molecule has 0 bridgehead atoms. The summed E-state index contributed by atoms with van der Waals surface area (Å²) in [5.74, 6) is 0.721. The van der Waals surface area contributed by atoms with E-state index in [0.29, 0.717) is 26.1 Å². The zero-order valence-corrected chi connectivity index (χ0v) is 21.3. The Morgan fingerprint density at radius 2 is 1.97 bits per heavy atom. The number of aromatic nitrogens is 1. The minimum Gasteiger partial charge on any atom is -0.494 e. The van der Waals surface area contributed by atoms with E-state index in [1.54, 1.807) is 0 Å². The van der Waals surface area contributed by atoms with Crippen LogP contribution in [0.1, 0.15) is 57.8 Å². The standard InChI is InChI=1S/C28H36N4O3/c1-5-30(6-2)15-16-31-26(33)28(4)18-22-21-17-20(35-7-3)13-14-23(21)29-24(22)25(32(28)27(31)34)19-11-9-8-10-12-19/h9,11-14,17,25,29H,5-8,10,15-16,18H2,1-4H3/t25-,28+/m1/s1. The van der Waals surface area contributed by atoms with Crippen LogP contribution >= 0.6 is 0 Å². The number of likely N-dealkylation sites (N-methyl/N-ethyl adjacent to an activating group) is 1. The molecule has 7 nitrogen and oxygen atoms in total. The summed E-state index contributed by atoms with van der Waals surface area (Å²) in [6.07, 6.45) is 8.91. The third-order valence-corrected chi connectivity index (χ3v) is 7.82. The Labute approximate surface area is 207 Å². The minimum atomic E-state index is -0.930. The zero-order valence-electron chi connectivity index (χ0n) is 21.3. The number of H-pyrrole nitrogens is 1. The van der Waals surface area contributed by atoms with Crippen molar-refractivity contribution in [3.63, 3.8) is 0 Å². The van der Waals surface area contributed by atoms with E-state index >= 15 is 0 Å². The molecule has 1 fully saturated rings. The van der Waals surface area contributed by atoms with Gasteiger partial charge in [-0.15, -0.1) is 0 Å². The van der Waals surface area contributed by atoms with Gasteiger partial charge in [0.2, 0.25) is 0 Å². The van der Waals surface area contributed by atoms with Gasteiger partial charge in [0.05, 0.1) is 12.6 Å². The monoisotopic (exact) mass is 476 g/mol. The molecular weight excluding hydrogens is 440 g/mol. The molecule has 1 saturated heterocycles. The van der Waals surface area contributed by atoms with Crippen LogP contribution in [0.4, 0.5) is 4.79 Å². The minimum absolute atomic E-state index is 0.0963. The fraction of sp³-hybridized carbons (Fsp3) is 0.500. The van der Waals surface area contributed by atoms with Gasteiger partial charge in [-0.3, -0.25) is 14.6 Å². The number of imide groups is 1. The molecule has 1 aromatic carbocycles. The van der Waals surface area contributed by atoms with Crippen molar-refractivity contribution in [3.05, 3.63) is 53.3 Å². The van der Waals surface area contributed by atoms with E-state index in [2.05, 4.69) is 48.0 Å². The van der Waals surface area contributed by atoms with Crippen LogP contribution in [0.2, 0.25) is 0 Å². The number of hydrogen-bond acceptors (Lipinski definition) is 4. The second kappa shape index (κ2) is 9.19. The van der Waals surface area contributed by atoms with Crippen LogP contribution in [-0.4, -0.2) is 69.9 Å². The summed E-state index contributed by atoms with van der Waals surface area (Å²) in [5.41, 5.74) is 3.27. The van der Waals surface area contributed by atoms with Gasteiger partial charge in [0, 0.05) is 36.1 Å². The van der Waals surface area contributed by atoms with E-state index in [1.807, 2.05) is 30.9 Å². The lowest BCUT2D eigenvalue weighted by Crippen LogP contribution is -2.53. The van der Waals surface area contributed by atoms with E-state index in [4.69, 9.17) is 4.74 Å². The van der Waals surface area contributed by atoms with Crippen molar-refractivity contribution in [3.8, 4) is 5.75 Å². The number of carbonyl (C=O) groups excluding carboxylic acids is 2. The highest BCUT2D eigenvalue weighted by Gasteiger charge is 2.60. The van der Waals surface area contributed by atoms with Crippen LogP contribution in [0.25, 0.3) is 10.9 Å². The topological polar surface area (TPSA) is 68.9 Å². The number of benzene rings is 1. The van der Waals surface area contributed by atoms with Gasteiger partial charge in [0.15, 0.2) is 0 Å². The molecule has 3 heterocycles. The highest BCUT2D eigenvalue weighted by atomic mass is 16.5. The first-order valence-electron chi connectivity index (χ1n) is 12.9. The molecule has 0 spiro atoms. The molecule has 3 aliphatic rings. The molecule has 7 heteroatoms. The summed E-state index contributed by atoms with van der Waals surface area (Å²) in [4.78, 5) is 37.0. The average molecular weight is 477 g/mol. The Balaban J connectivity index is 1.61. The molecule has 0 unspecified atom stereocenters. The highest BCUT2D eigenvalue weighted by Crippen LogP contribution is 2.49. The van der Waals surface area contributed by atoms with Gasteiger partial charge in [0.1, 0.15) is 11.3 Å². The normalized spacial score (nSPS) is 23.8. The summed E-state index contributed by atoms with van der Waals surface area (Å²) in [6.45, 7) is 11.6. The van der Waals surface area contributed by atoms with Gasteiger partial charge in [-0.2, -0.15) is 0 Å². The van der Waals surface area contributed by atoms with E-state index in [1.165, 1.54) is 4.90 Å². The van der Waals surface area contributed by atoms with Gasteiger partial charge in [0.25, 0.3) is 5.91 Å². The number of aromatic amines is 1. The van der Waals surface area contributed by atoms with Gasteiger partial charge in [-0.25, -0.2) is 4.79 Å². The molecule has 186 valence electrons. The Bertz CT molecular complexity index is 1210. The number of amides is 3. The van der Waals surface area contributed by atoms with E-state index in [0.717, 1.165) is 59.4 Å². The van der Waals surface area contributed by atoms with Crippen molar-refractivity contribution in [2.45, 2.75) is 58.5 Å². The first-order valence-corrected chi connectivity index (χ1v) is 12.9. The second-order valence-corrected chi connectivity index (χ2v) is 9.83. The van der Waals surface area contributed by atoms with Crippen LogP contribution in [0, 0.1) is 0 Å². The molecule has 2 atom stereocenters. The molecule has 35 heavy (non-hydrogen) atoms. The maximum absolute atomic E-state index is 13.9. The number of allylic oxidation sites excluding steroid dienone is 2.